The molecule has 8 heteroatoms. The summed E-state index contributed by atoms with van der Waals surface area (Å²) in [5.41, 5.74) is 2.89. The van der Waals surface area contributed by atoms with Gasteiger partial charge in [0.15, 0.2) is 5.96 Å². The van der Waals surface area contributed by atoms with Gasteiger partial charge in [-0.15, -0.1) is 0 Å². The van der Waals surface area contributed by atoms with E-state index in [1.807, 2.05) is 37.3 Å². The maximum absolute atomic E-state index is 12.0. The van der Waals surface area contributed by atoms with Crippen LogP contribution in [0.1, 0.15) is 50.5 Å². The quantitative estimate of drug-likeness (QED) is 0.369. The molecular weight excluding hydrogens is 412 g/mol. The molecule has 0 bridgehead atoms. The van der Waals surface area contributed by atoms with Crippen molar-refractivity contribution in [3.8, 4) is 0 Å². The molecule has 0 aromatic heterocycles. The van der Waals surface area contributed by atoms with Gasteiger partial charge in [0, 0.05) is 13.1 Å². The first-order valence-corrected chi connectivity index (χ1v) is 11.9. The van der Waals surface area contributed by atoms with Gasteiger partial charge in [-0.1, -0.05) is 57.2 Å². The number of sulfonamides is 1. The molecule has 2 rings (SSSR count). The molecule has 2 aromatic carbocycles. The zero-order chi connectivity index (χ0) is 23.1. The van der Waals surface area contributed by atoms with E-state index >= 15 is 0 Å². The zero-order valence-electron chi connectivity index (χ0n) is 18.9. The molecule has 0 amide bonds. The van der Waals surface area contributed by atoms with Crippen molar-refractivity contribution in [2.45, 2.75) is 50.7 Å². The van der Waals surface area contributed by atoms with Crippen molar-refractivity contribution in [1.82, 2.24) is 15.4 Å². The fourth-order valence-electron chi connectivity index (χ4n) is 2.96. The Morgan fingerprint density at radius 3 is 2.35 bits per heavy atom. The van der Waals surface area contributed by atoms with Crippen LogP contribution in [0, 0.1) is 0 Å². The van der Waals surface area contributed by atoms with Gasteiger partial charge >= 0.3 is 0 Å². The molecule has 7 nitrogen and oxygen atoms in total. The highest BCUT2D eigenvalue weighted by atomic mass is 32.2. The predicted octanol–water partition coefficient (Wildman–Crippen LogP) is 2.68. The van der Waals surface area contributed by atoms with Crippen molar-refractivity contribution in [2.24, 2.45) is 4.99 Å². The Labute approximate surface area is 186 Å². The van der Waals surface area contributed by atoms with Crippen molar-refractivity contribution in [3.05, 3.63) is 65.2 Å². The number of hydrogen-bond donors (Lipinski definition) is 4. The monoisotopic (exact) mass is 446 g/mol. The topological polar surface area (TPSA) is 103 Å². The third-order valence-corrected chi connectivity index (χ3v) is 6.28. The number of aliphatic hydroxyl groups is 1. The molecule has 0 heterocycles. The Balaban J connectivity index is 2.04. The highest BCUT2D eigenvalue weighted by Gasteiger charge is 2.15. The van der Waals surface area contributed by atoms with Crippen molar-refractivity contribution < 1.29 is 13.5 Å². The van der Waals surface area contributed by atoms with Crippen LogP contribution in [0.3, 0.4) is 0 Å². The van der Waals surface area contributed by atoms with E-state index in [0.717, 1.165) is 11.1 Å². The van der Waals surface area contributed by atoms with Crippen LogP contribution in [0.15, 0.2) is 58.4 Å². The van der Waals surface area contributed by atoms with Gasteiger partial charge in [0.2, 0.25) is 10.0 Å². The summed E-state index contributed by atoms with van der Waals surface area (Å²) in [6.07, 6.45) is -0.679. The average Bonchev–Trinajstić information content (AvgIpc) is 2.75. The lowest BCUT2D eigenvalue weighted by atomic mass is 9.86. The highest BCUT2D eigenvalue weighted by Crippen LogP contribution is 2.23. The summed E-state index contributed by atoms with van der Waals surface area (Å²) < 4.78 is 26.3. The van der Waals surface area contributed by atoms with Crippen LogP contribution in [0.4, 0.5) is 0 Å². The highest BCUT2D eigenvalue weighted by molar-refractivity contribution is 7.89. The Morgan fingerprint density at radius 1 is 1.10 bits per heavy atom. The third kappa shape index (κ3) is 7.34. The first kappa shape index (κ1) is 24.8. The summed E-state index contributed by atoms with van der Waals surface area (Å²) in [5.74, 6) is 0.551. The fraction of sp³-hybridized carbons (Fsp3) is 0.435. The summed E-state index contributed by atoms with van der Waals surface area (Å²) in [6, 6.07) is 14.7. The van der Waals surface area contributed by atoms with Gasteiger partial charge in [-0.3, -0.25) is 0 Å². The van der Waals surface area contributed by atoms with Crippen molar-refractivity contribution in [2.75, 3.05) is 20.1 Å². The maximum atomic E-state index is 12.0. The molecule has 0 spiro atoms. The number of aliphatic imine (C=N–C) groups is 1. The molecular formula is C23H34N4O3S. The average molecular weight is 447 g/mol. The Hall–Kier alpha value is -2.42. The zero-order valence-corrected chi connectivity index (χ0v) is 19.8. The van der Waals surface area contributed by atoms with Crippen LogP contribution in [-0.4, -0.2) is 39.6 Å². The van der Waals surface area contributed by atoms with Crippen LogP contribution >= 0.6 is 0 Å². The Kier molecular flexibility index (Phi) is 8.61. The summed E-state index contributed by atoms with van der Waals surface area (Å²) in [6.45, 7) is 9.69. The molecule has 0 aliphatic rings. The molecule has 0 aliphatic carbocycles. The summed E-state index contributed by atoms with van der Waals surface area (Å²) in [5, 5.41) is 16.8. The molecule has 4 N–H and O–H groups in total. The van der Waals surface area contributed by atoms with Gasteiger partial charge in [-0.25, -0.2) is 18.1 Å². The van der Waals surface area contributed by atoms with E-state index in [-0.39, 0.29) is 10.3 Å². The van der Waals surface area contributed by atoms with Gasteiger partial charge in [0.1, 0.15) is 0 Å². The molecule has 1 atom stereocenters. The minimum absolute atomic E-state index is 0.0659. The maximum Gasteiger partial charge on any atom is 0.240 e. The summed E-state index contributed by atoms with van der Waals surface area (Å²) in [7, 11) is -2.11. The second-order valence-corrected chi connectivity index (χ2v) is 10.2. The smallest absolute Gasteiger partial charge is 0.240 e. The number of rotatable bonds is 8. The summed E-state index contributed by atoms with van der Waals surface area (Å²) in [4.78, 5) is 4.72. The second kappa shape index (κ2) is 10.7. The standard InChI is InChI=1S/C23H34N4O3S/c1-6-25-22(26-15-17-8-7-9-20(14-17)31(29,30)24-5)27-16-21(28)18-10-12-19(13-11-18)23(2,3)4/h7-14,21,24,28H,6,15-16H2,1-5H3,(H2,25,26,27). The molecule has 170 valence electrons. The Bertz CT molecular complexity index is 981. The van der Waals surface area contributed by atoms with E-state index in [2.05, 4.69) is 41.1 Å². The SMILES string of the molecule is CCNC(=NCc1cccc(S(=O)(=O)NC)c1)NCC(O)c1ccc(C(C)(C)C)cc1. The molecule has 0 fully saturated rings. The van der Waals surface area contributed by atoms with E-state index < -0.39 is 16.1 Å². The first-order valence-electron chi connectivity index (χ1n) is 10.4. The molecule has 0 aliphatic heterocycles. The number of aliphatic hydroxyl groups excluding tert-OH is 1. The van der Waals surface area contributed by atoms with E-state index in [0.29, 0.717) is 25.6 Å². The molecule has 31 heavy (non-hydrogen) atoms. The van der Waals surface area contributed by atoms with Gasteiger partial charge < -0.3 is 15.7 Å². The van der Waals surface area contributed by atoms with Crippen LogP contribution in [-0.2, 0) is 22.0 Å². The molecule has 1 unspecified atom stereocenters. The van der Waals surface area contributed by atoms with Gasteiger partial charge in [-0.2, -0.15) is 0 Å². The summed E-state index contributed by atoms with van der Waals surface area (Å²) >= 11 is 0. The van der Waals surface area contributed by atoms with Crippen LogP contribution in [0.5, 0.6) is 0 Å². The second-order valence-electron chi connectivity index (χ2n) is 8.32. The first-order chi connectivity index (χ1) is 14.6. The van der Waals surface area contributed by atoms with E-state index in [1.165, 1.54) is 12.6 Å². The number of nitrogens with one attached hydrogen (secondary N) is 3. The van der Waals surface area contributed by atoms with Crippen LogP contribution in [0.25, 0.3) is 0 Å². The lowest BCUT2D eigenvalue weighted by molar-refractivity contribution is 0.181. The largest absolute Gasteiger partial charge is 0.387 e. The van der Waals surface area contributed by atoms with Crippen LogP contribution < -0.4 is 15.4 Å². The van der Waals surface area contributed by atoms with Crippen molar-refractivity contribution >= 4 is 16.0 Å². The minimum atomic E-state index is -3.50. The fourth-order valence-corrected chi connectivity index (χ4v) is 3.76. The van der Waals surface area contributed by atoms with Gasteiger partial charge in [-0.05, 0) is 48.2 Å². The molecule has 0 saturated heterocycles. The number of hydrogen-bond acceptors (Lipinski definition) is 4. The third-order valence-electron chi connectivity index (χ3n) is 4.87. The van der Waals surface area contributed by atoms with Crippen LogP contribution in [0.2, 0.25) is 0 Å². The lowest BCUT2D eigenvalue weighted by Gasteiger charge is -2.20. The van der Waals surface area contributed by atoms with E-state index in [4.69, 9.17) is 0 Å². The Morgan fingerprint density at radius 2 is 1.77 bits per heavy atom. The minimum Gasteiger partial charge on any atom is -0.387 e. The molecule has 0 saturated carbocycles. The molecule has 2 aromatic rings. The van der Waals surface area contributed by atoms with Gasteiger partial charge in [0.05, 0.1) is 17.5 Å². The van der Waals surface area contributed by atoms with Crippen molar-refractivity contribution in [3.63, 3.8) is 0 Å². The molecule has 0 radical (unpaired) electrons. The number of guanidine groups is 1. The predicted molar refractivity (Wildman–Crippen MR) is 126 cm³/mol. The van der Waals surface area contributed by atoms with Crippen molar-refractivity contribution in [1.29, 1.82) is 0 Å². The lowest BCUT2D eigenvalue weighted by Crippen LogP contribution is -2.39. The number of nitrogens with zero attached hydrogens (tertiary/aromatic N) is 1. The normalized spacial score (nSPS) is 13.7. The van der Waals surface area contributed by atoms with E-state index in [1.54, 1.807) is 18.2 Å². The van der Waals surface area contributed by atoms with E-state index in [9.17, 15) is 13.5 Å². The number of benzene rings is 2. The van der Waals surface area contributed by atoms with Gasteiger partial charge in [0.25, 0.3) is 0 Å².